The van der Waals surface area contributed by atoms with Gasteiger partial charge >= 0.3 is 0 Å². The first kappa shape index (κ1) is 18.3. The Bertz CT molecular complexity index is 634. The van der Waals surface area contributed by atoms with Crippen molar-refractivity contribution in [3.63, 3.8) is 0 Å². The molecule has 1 aliphatic rings. The fourth-order valence-electron chi connectivity index (χ4n) is 3.03. The zero-order chi connectivity index (χ0) is 17.0. The average Bonchev–Trinajstić information content (AvgIpc) is 2.47. The van der Waals surface area contributed by atoms with Crippen molar-refractivity contribution in [1.29, 1.82) is 0 Å². The summed E-state index contributed by atoms with van der Waals surface area (Å²) in [6.07, 6.45) is 4.71. The van der Waals surface area contributed by atoms with Crippen molar-refractivity contribution in [1.82, 2.24) is 4.31 Å². The minimum atomic E-state index is -3.50. The van der Waals surface area contributed by atoms with Crippen LogP contribution >= 0.6 is 11.8 Å². The Hall–Kier alpha value is -1.05. The second-order valence-electron chi connectivity index (χ2n) is 5.97. The summed E-state index contributed by atoms with van der Waals surface area (Å²) in [5.41, 5.74) is 0.614. The van der Waals surface area contributed by atoms with Crippen LogP contribution in [0.15, 0.2) is 29.2 Å². The van der Waals surface area contributed by atoms with Crippen molar-refractivity contribution in [2.24, 2.45) is 0 Å². The van der Waals surface area contributed by atoms with Gasteiger partial charge in [0.15, 0.2) is 0 Å². The second-order valence-corrected chi connectivity index (χ2v) is 8.68. The van der Waals surface area contributed by atoms with Gasteiger partial charge in [0, 0.05) is 17.8 Å². The first-order valence-electron chi connectivity index (χ1n) is 7.78. The number of benzene rings is 1. The Morgan fingerprint density at radius 2 is 1.78 bits per heavy atom. The Morgan fingerprint density at radius 3 is 2.30 bits per heavy atom. The number of rotatable bonds is 5. The molecule has 1 aliphatic heterocycles. The highest BCUT2D eigenvalue weighted by Crippen LogP contribution is 2.29. The van der Waals surface area contributed by atoms with Gasteiger partial charge in [-0.2, -0.15) is 16.1 Å². The molecule has 5 nitrogen and oxygen atoms in total. The van der Waals surface area contributed by atoms with Gasteiger partial charge in [0.25, 0.3) is 0 Å². The summed E-state index contributed by atoms with van der Waals surface area (Å²) in [5, 5.41) is 2.75. The minimum absolute atomic E-state index is 0.0182. The Kier molecular flexibility index (Phi) is 6.11. The molecule has 0 aromatic heterocycles. The first-order chi connectivity index (χ1) is 10.9. The van der Waals surface area contributed by atoms with Crippen molar-refractivity contribution < 1.29 is 13.2 Å². The maximum atomic E-state index is 12.9. The molecule has 1 fully saturated rings. The Balaban J connectivity index is 2.18. The molecule has 0 spiro atoms. The highest BCUT2D eigenvalue weighted by Gasteiger charge is 2.35. The number of amides is 1. The number of thioether (sulfide) groups is 1. The molecular weight excluding hydrogens is 332 g/mol. The largest absolute Gasteiger partial charge is 0.325 e. The number of carbonyl (C=O) groups excluding carboxylic acids is 1. The van der Waals surface area contributed by atoms with Crippen molar-refractivity contribution in [3.05, 3.63) is 24.3 Å². The molecule has 1 aromatic rings. The molecular formula is C16H24N2O3S2. The summed E-state index contributed by atoms with van der Waals surface area (Å²) in [7, 11) is -3.50. The molecule has 2 rings (SSSR count). The maximum absolute atomic E-state index is 12.9. The average molecular weight is 357 g/mol. The van der Waals surface area contributed by atoms with Crippen molar-refractivity contribution >= 4 is 33.4 Å². The molecule has 2 atom stereocenters. The minimum Gasteiger partial charge on any atom is -0.325 e. The van der Waals surface area contributed by atoms with Gasteiger partial charge in [0.2, 0.25) is 15.9 Å². The van der Waals surface area contributed by atoms with Gasteiger partial charge in [-0.1, -0.05) is 6.42 Å². The molecule has 1 saturated heterocycles. The number of hydrogen-bond acceptors (Lipinski definition) is 4. The lowest BCUT2D eigenvalue weighted by molar-refractivity contribution is -0.113. The second kappa shape index (κ2) is 7.68. The normalized spacial score (nSPS) is 22.7. The molecule has 7 heteroatoms. The molecule has 0 radical (unpaired) electrons. The fourth-order valence-corrected chi connectivity index (χ4v) is 5.25. The van der Waals surface area contributed by atoms with E-state index in [2.05, 4.69) is 5.32 Å². The summed E-state index contributed by atoms with van der Waals surface area (Å²) in [6, 6.07) is 6.46. The van der Waals surface area contributed by atoms with E-state index in [1.807, 2.05) is 20.1 Å². The van der Waals surface area contributed by atoms with E-state index in [4.69, 9.17) is 0 Å². The topological polar surface area (TPSA) is 66.5 Å². The van der Waals surface area contributed by atoms with Crippen LogP contribution in [-0.4, -0.2) is 42.7 Å². The van der Waals surface area contributed by atoms with Gasteiger partial charge in [-0.15, -0.1) is 0 Å². The lowest BCUT2D eigenvalue weighted by Crippen LogP contribution is -2.47. The van der Waals surface area contributed by atoms with Crippen LogP contribution in [0.1, 0.15) is 33.1 Å². The highest BCUT2D eigenvalue weighted by molar-refractivity contribution is 7.99. The number of nitrogens with one attached hydrogen (secondary N) is 1. The van der Waals surface area contributed by atoms with Crippen molar-refractivity contribution in [2.75, 3.05) is 17.3 Å². The van der Waals surface area contributed by atoms with E-state index in [0.717, 1.165) is 19.3 Å². The van der Waals surface area contributed by atoms with Gasteiger partial charge in [0.05, 0.1) is 10.6 Å². The molecule has 0 aliphatic carbocycles. The zero-order valence-corrected chi connectivity index (χ0v) is 15.4. The number of hydrogen-bond donors (Lipinski definition) is 1. The molecule has 128 valence electrons. The van der Waals surface area contributed by atoms with E-state index < -0.39 is 10.0 Å². The Labute approximate surface area is 142 Å². The summed E-state index contributed by atoms with van der Waals surface area (Å²) in [4.78, 5) is 11.8. The third-order valence-corrected chi connectivity index (χ3v) is 6.80. The molecule has 0 saturated carbocycles. The molecule has 1 heterocycles. The van der Waals surface area contributed by atoms with Gasteiger partial charge in [0.1, 0.15) is 0 Å². The SMILES string of the molecule is CSCC(=O)Nc1ccc(S(=O)(=O)N2C(C)CCCC2C)cc1. The van der Waals surface area contributed by atoms with Crippen LogP contribution in [-0.2, 0) is 14.8 Å². The maximum Gasteiger partial charge on any atom is 0.243 e. The smallest absolute Gasteiger partial charge is 0.243 e. The quantitative estimate of drug-likeness (QED) is 0.881. The first-order valence-corrected chi connectivity index (χ1v) is 10.6. The van der Waals surface area contributed by atoms with E-state index in [1.165, 1.54) is 11.8 Å². The zero-order valence-electron chi connectivity index (χ0n) is 13.8. The predicted octanol–water partition coefficient (Wildman–Crippen LogP) is 2.94. The summed E-state index contributed by atoms with van der Waals surface area (Å²) < 4.78 is 27.4. The van der Waals surface area contributed by atoms with E-state index in [0.29, 0.717) is 11.4 Å². The standard InChI is InChI=1S/C16H24N2O3S2/c1-12-5-4-6-13(2)18(12)23(20,21)15-9-7-14(8-10-15)17-16(19)11-22-3/h7-10,12-13H,4-6,11H2,1-3H3,(H,17,19). The number of anilines is 1. The lowest BCUT2D eigenvalue weighted by atomic mass is 10.0. The molecule has 1 aromatic carbocycles. The van der Waals surface area contributed by atoms with Gasteiger partial charge in [-0.25, -0.2) is 8.42 Å². The van der Waals surface area contributed by atoms with E-state index >= 15 is 0 Å². The van der Waals surface area contributed by atoms with Crippen molar-refractivity contribution in [2.45, 2.75) is 50.1 Å². The number of carbonyl (C=O) groups is 1. The predicted molar refractivity (Wildman–Crippen MR) is 95.3 cm³/mol. The molecule has 1 amide bonds. The molecule has 2 unspecified atom stereocenters. The van der Waals surface area contributed by atoms with Gasteiger partial charge in [-0.05, 0) is 57.2 Å². The third kappa shape index (κ3) is 4.28. The van der Waals surface area contributed by atoms with Crippen LogP contribution in [0.25, 0.3) is 0 Å². The van der Waals surface area contributed by atoms with E-state index in [1.54, 1.807) is 28.6 Å². The number of piperidine rings is 1. The third-order valence-electron chi connectivity index (χ3n) is 4.10. The van der Waals surface area contributed by atoms with Crippen molar-refractivity contribution in [3.8, 4) is 0 Å². The summed E-state index contributed by atoms with van der Waals surface area (Å²) in [6.45, 7) is 3.93. The van der Waals surface area contributed by atoms with Gasteiger partial charge < -0.3 is 5.32 Å². The summed E-state index contributed by atoms with van der Waals surface area (Å²) in [5.74, 6) is 0.287. The molecule has 0 bridgehead atoms. The van der Waals surface area contributed by atoms with Crippen LogP contribution in [0.3, 0.4) is 0 Å². The van der Waals surface area contributed by atoms with E-state index in [9.17, 15) is 13.2 Å². The monoisotopic (exact) mass is 356 g/mol. The molecule has 23 heavy (non-hydrogen) atoms. The van der Waals surface area contributed by atoms with Crippen LogP contribution in [0.5, 0.6) is 0 Å². The van der Waals surface area contributed by atoms with Crippen LogP contribution in [0, 0.1) is 0 Å². The number of nitrogens with zero attached hydrogens (tertiary/aromatic N) is 1. The lowest BCUT2D eigenvalue weighted by Gasteiger charge is -2.37. The Morgan fingerprint density at radius 1 is 1.22 bits per heavy atom. The highest BCUT2D eigenvalue weighted by atomic mass is 32.2. The van der Waals surface area contributed by atoms with Gasteiger partial charge in [-0.3, -0.25) is 4.79 Å². The molecule has 1 N–H and O–H groups in total. The van der Waals surface area contributed by atoms with Crippen LogP contribution in [0.2, 0.25) is 0 Å². The fraction of sp³-hybridized carbons (Fsp3) is 0.562. The van der Waals surface area contributed by atoms with E-state index in [-0.39, 0.29) is 22.9 Å². The van der Waals surface area contributed by atoms with Crippen LogP contribution in [0.4, 0.5) is 5.69 Å². The number of sulfonamides is 1. The van der Waals surface area contributed by atoms with Crippen LogP contribution < -0.4 is 5.32 Å². The summed E-state index contributed by atoms with van der Waals surface area (Å²) >= 11 is 1.44.